The van der Waals surface area contributed by atoms with Crippen molar-refractivity contribution in [2.75, 3.05) is 0 Å². The number of aryl methyl sites for hydroxylation is 1. The van der Waals surface area contributed by atoms with Crippen molar-refractivity contribution >= 4 is 12.2 Å². The van der Waals surface area contributed by atoms with Crippen molar-refractivity contribution < 1.29 is 15.0 Å². The number of aliphatic carboxylic acids is 1. The van der Waals surface area contributed by atoms with Gasteiger partial charge in [0.05, 0.1) is 11.6 Å². The van der Waals surface area contributed by atoms with Gasteiger partial charge in [-0.15, -0.1) is 0 Å². The Morgan fingerprint density at radius 1 is 1.00 bits per heavy atom. The van der Waals surface area contributed by atoms with Crippen LogP contribution in [0.3, 0.4) is 0 Å². The van der Waals surface area contributed by atoms with Gasteiger partial charge in [0.1, 0.15) is 5.76 Å². The van der Waals surface area contributed by atoms with Crippen molar-refractivity contribution in [3.05, 3.63) is 113 Å². The van der Waals surface area contributed by atoms with Crippen LogP contribution in [0.15, 0.2) is 95.6 Å². The molecule has 1 unspecified atom stereocenters. The highest BCUT2D eigenvalue weighted by molar-refractivity contribution is 5.80. The summed E-state index contributed by atoms with van der Waals surface area (Å²) >= 11 is 0. The van der Waals surface area contributed by atoms with Gasteiger partial charge in [-0.3, -0.25) is 14.8 Å². The quantitative estimate of drug-likeness (QED) is 0.319. The minimum atomic E-state index is -0.850. The van der Waals surface area contributed by atoms with Crippen molar-refractivity contribution in [1.82, 2.24) is 4.98 Å². The SMILES string of the molecule is C/C(O)=C(\CCCc1ccc(CC(C(=O)O)c2cccnc2)cc1)N=Cc1ccccc1. The molecule has 2 N–H and O–H groups in total. The first-order valence-electron chi connectivity index (χ1n) is 10.7. The van der Waals surface area contributed by atoms with Crippen LogP contribution in [0, 0.1) is 0 Å². The van der Waals surface area contributed by atoms with Crippen LogP contribution >= 0.6 is 0 Å². The summed E-state index contributed by atoms with van der Waals surface area (Å²) in [6, 6.07) is 21.4. The molecule has 0 saturated heterocycles. The van der Waals surface area contributed by atoms with Crippen molar-refractivity contribution in [3.8, 4) is 0 Å². The smallest absolute Gasteiger partial charge is 0.311 e. The lowest BCUT2D eigenvalue weighted by Crippen LogP contribution is -2.14. The summed E-state index contributed by atoms with van der Waals surface area (Å²) in [5.74, 6) is -1.23. The molecule has 0 bridgehead atoms. The number of aromatic nitrogens is 1. The van der Waals surface area contributed by atoms with Gasteiger partial charge in [0.2, 0.25) is 0 Å². The first-order chi connectivity index (χ1) is 15.5. The highest BCUT2D eigenvalue weighted by atomic mass is 16.4. The van der Waals surface area contributed by atoms with Crippen LogP contribution in [0.5, 0.6) is 0 Å². The molecule has 32 heavy (non-hydrogen) atoms. The summed E-state index contributed by atoms with van der Waals surface area (Å²) in [6.07, 6.45) is 7.83. The number of aliphatic imine (C=N–C) groups is 1. The Hall–Kier alpha value is -3.73. The van der Waals surface area contributed by atoms with Crippen LogP contribution in [0.4, 0.5) is 0 Å². The molecule has 2 aromatic carbocycles. The molecule has 0 aliphatic heterocycles. The van der Waals surface area contributed by atoms with E-state index in [0.717, 1.165) is 24.0 Å². The molecule has 0 fully saturated rings. The average Bonchev–Trinajstić information content (AvgIpc) is 2.81. The van der Waals surface area contributed by atoms with E-state index in [1.54, 1.807) is 37.7 Å². The topological polar surface area (TPSA) is 82.8 Å². The first-order valence-corrected chi connectivity index (χ1v) is 10.7. The number of rotatable bonds is 10. The summed E-state index contributed by atoms with van der Waals surface area (Å²) in [7, 11) is 0. The molecule has 1 aromatic heterocycles. The molecule has 0 aliphatic carbocycles. The molecule has 0 spiro atoms. The lowest BCUT2D eigenvalue weighted by Gasteiger charge is -2.13. The fourth-order valence-corrected chi connectivity index (χ4v) is 3.50. The van der Waals surface area contributed by atoms with E-state index >= 15 is 0 Å². The second kappa shape index (κ2) is 11.6. The van der Waals surface area contributed by atoms with Crippen LogP contribution in [0.25, 0.3) is 0 Å². The number of nitrogens with zero attached hydrogens (tertiary/aromatic N) is 2. The summed E-state index contributed by atoms with van der Waals surface area (Å²) in [4.78, 5) is 20.2. The molecule has 164 valence electrons. The monoisotopic (exact) mass is 428 g/mol. The Kier molecular flexibility index (Phi) is 8.32. The highest BCUT2D eigenvalue weighted by Crippen LogP contribution is 2.22. The Labute approximate surface area is 188 Å². The highest BCUT2D eigenvalue weighted by Gasteiger charge is 2.20. The number of aliphatic hydroxyl groups is 1. The number of allylic oxidation sites excluding steroid dienone is 2. The zero-order valence-corrected chi connectivity index (χ0v) is 18.2. The van der Waals surface area contributed by atoms with Gasteiger partial charge in [0, 0.05) is 18.6 Å². The third kappa shape index (κ3) is 6.91. The van der Waals surface area contributed by atoms with E-state index in [4.69, 9.17) is 0 Å². The predicted molar refractivity (Wildman–Crippen MR) is 127 cm³/mol. The molecular weight excluding hydrogens is 400 g/mol. The average molecular weight is 429 g/mol. The maximum absolute atomic E-state index is 11.7. The minimum Gasteiger partial charge on any atom is -0.511 e. The van der Waals surface area contributed by atoms with E-state index in [9.17, 15) is 15.0 Å². The van der Waals surface area contributed by atoms with E-state index in [1.165, 1.54) is 5.56 Å². The molecule has 5 heteroatoms. The van der Waals surface area contributed by atoms with Crippen molar-refractivity contribution in [3.63, 3.8) is 0 Å². The lowest BCUT2D eigenvalue weighted by atomic mass is 9.92. The number of benzene rings is 2. The Balaban J connectivity index is 1.55. The molecule has 1 heterocycles. The van der Waals surface area contributed by atoms with Gasteiger partial charge in [-0.25, -0.2) is 0 Å². The standard InChI is InChI=1S/C27H28N2O3/c1-20(30)26(29-18-23-7-3-2-4-8-23)11-5-9-21-12-14-22(15-13-21)17-25(27(31)32)24-10-6-16-28-19-24/h2-4,6-8,10,12-16,18-19,25,30H,5,9,11,17H2,1H3,(H,31,32)/b26-20-,29-18?. The van der Waals surface area contributed by atoms with E-state index in [2.05, 4.69) is 9.98 Å². The number of hydrogen-bond donors (Lipinski definition) is 2. The predicted octanol–water partition coefficient (Wildman–Crippen LogP) is 5.72. The zero-order valence-electron chi connectivity index (χ0n) is 18.2. The fraction of sp³-hybridized carbons (Fsp3) is 0.222. The second-order valence-electron chi connectivity index (χ2n) is 7.75. The maximum Gasteiger partial charge on any atom is 0.311 e. The van der Waals surface area contributed by atoms with Crippen LogP contribution in [-0.2, 0) is 17.6 Å². The molecular formula is C27H28N2O3. The zero-order chi connectivity index (χ0) is 22.8. The number of carbonyl (C=O) groups is 1. The molecule has 0 amide bonds. The Morgan fingerprint density at radius 2 is 1.72 bits per heavy atom. The van der Waals surface area contributed by atoms with Crippen molar-refractivity contribution in [1.29, 1.82) is 0 Å². The number of aliphatic hydroxyl groups excluding tert-OH is 1. The first kappa shape index (κ1) is 22.9. The van der Waals surface area contributed by atoms with Crippen LogP contribution in [0.1, 0.15) is 47.9 Å². The van der Waals surface area contributed by atoms with Crippen molar-refractivity contribution in [2.45, 2.75) is 38.5 Å². The molecule has 3 rings (SSSR count). The summed E-state index contributed by atoms with van der Waals surface area (Å²) < 4.78 is 0. The van der Waals surface area contributed by atoms with E-state index in [-0.39, 0.29) is 5.76 Å². The third-order valence-electron chi connectivity index (χ3n) is 5.31. The van der Waals surface area contributed by atoms with Gasteiger partial charge >= 0.3 is 5.97 Å². The van der Waals surface area contributed by atoms with E-state index in [1.807, 2.05) is 54.6 Å². The van der Waals surface area contributed by atoms with E-state index < -0.39 is 11.9 Å². The maximum atomic E-state index is 11.7. The molecule has 0 aliphatic rings. The van der Waals surface area contributed by atoms with E-state index in [0.29, 0.717) is 24.1 Å². The summed E-state index contributed by atoms with van der Waals surface area (Å²) in [5, 5.41) is 19.6. The van der Waals surface area contributed by atoms with Crippen LogP contribution in [-0.4, -0.2) is 27.4 Å². The molecule has 1 atom stereocenters. The van der Waals surface area contributed by atoms with Gasteiger partial charge in [0.15, 0.2) is 0 Å². The molecule has 3 aromatic rings. The van der Waals surface area contributed by atoms with Crippen LogP contribution in [0.2, 0.25) is 0 Å². The minimum absolute atomic E-state index is 0.239. The fourth-order valence-electron chi connectivity index (χ4n) is 3.50. The third-order valence-corrected chi connectivity index (χ3v) is 5.31. The molecule has 0 saturated carbocycles. The second-order valence-corrected chi connectivity index (χ2v) is 7.75. The van der Waals surface area contributed by atoms with Gasteiger partial charge in [0.25, 0.3) is 0 Å². The number of pyridine rings is 1. The molecule has 5 nitrogen and oxygen atoms in total. The van der Waals surface area contributed by atoms with Crippen molar-refractivity contribution in [2.24, 2.45) is 4.99 Å². The number of hydrogen-bond acceptors (Lipinski definition) is 4. The normalized spacial score (nSPS) is 13.0. The Morgan fingerprint density at radius 3 is 2.34 bits per heavy atom. The van der Waals surface area contributed by atoms with Gasteiger partial charge < -0.3 is 10.2 Å². The number of carboxylic acid groups (broad SMARTS) is 1. The van der Waals surface area contributed by atoms with Crippen LogP contribution < -0.4 is 0 Å². The number of carboxylic acids is 1. The Bertz CT molecular complexity index is 1060. The van der Waals surface area contributed by atoms with Gasteiger partial charge in [-0.1, -0.05) is 60.7 Å². The molecule has 0 radical (unpaired) electrons. The summed E-state index contributed by atoms with van der Waals surface area (Å²) in [6.45, 7) is 1.66. The largest absolute Gasteiger partial charge is 0.511 e. The van der Waals surface area contributed by atoms with Gasteiger partial charge in [-0.05, 0) is 60.9 Å². The van der Waals surface area contributed by atoms with Gasteiger partial charge in [-0.2, -0.15) is 0 Å². The lowest BCUT2D eigenvalue weighted by molar-refractivity contribution is -0.138. The summed E-state index contributed by atoms with van der Waals surface area (Å²) in [5.41, 5.74) is 4.53.